The Kier molecular flexibility index (Phi) is 6.05. The molecule has 1 saturated heterocycles. The van der Waals surface area contributed by atoms with Gasteiger partial charge in [0.2, 0.25) is 0 Å². The van der Waals surface area contributed by atoms with Gasteiger partial charge in [-0.05, 0) is 42.5 Å². The Morgan fingerprint density at radius 2 is 2.00 bits per heavy atom. The van der Waals surface area contributed by atoms with Gasteiger partial charge < -0.3 is 19.7 Å². The van der Waals surface area contributed by atoms with Gasteiger partial charge in [-0.3, -0.25) is 4.79 Å². The van der Waals surface area contributed by atoms with Crippen molar-refractivity contribution in [1.82, 2.24) is 10.3 Å². The molecule has 0 bridgehead atoms. The van der Waals surface area contributed by atoms with Crippen LogP contribution < -0.4 is 10.2 Å². The Balaban J connectivity index is 1.36. The Bertz CT molecular complexity index is 880. The number of amides is 1. The molecule has 1 N–H and O–H groups in total. The zero-order valence-corrected chi connectivity index (χ0v) is 16.3. The first-order valence-corrected chi connectivity index (χ1v) is 10.0. The molecule has 2 aromatic rings. The van der Waals surface area contributed by atoms with E-state index in [2.05, 4.69) is 22.4 Å². The molecule has 1 aromatic carbocycles. The van der Waals surface area contributed by atoms with Crippen LogP contribution in [0.5, 0.6) is 0 Å². The van der Waals surface area contributed by atoms with Gasteiger partial charge in [-0.15, -0.1) is 0 Å². The Morgan fingerprint density at radius 3 is 2.86 bits per heavy atom. The fourth-order valence-corrected chi connectivity index (χ4v) is 3.93. The number of benzene rings is 1. The molecule has 1 unspecified atom stereocenters. The minimum absolute atomic E-state index is 0.0338. The Labute approximate surface area is 170 Å². The number of carbonyl (C=O) groups is 2. The third-order valence-electron chi connectivity index (χ3n) is 5.36. The molecule has 152 valence electrons. The van der Waals surface area contributed by atoms with Gasteiger partial charge >= 0.3 is 5.97 Å². The van der Waals surface area contributed by atoms with Crippen LogP contribution in [0.2, 0.25) is 0 Å². The van der Waals surface area contributed by atoms with E-state index >= 15 is 0 Å². The number of ether oxygens (including phenoxy) is 2. The number of aromatic nitrogens is 1. The quantitative estimate of drug-likeness (QED) is 0.783. The highest BCUT2D eigenvalue weighted by Crippen LogP contribution is 2.29. The van der Waals surface area contributed by atoms with Gasteiger partial charge in [0.05, 0.1) is 19.3 Å². The molecule has 7 heteroatoms. The summed E-state index contributed by atoms with van der Waals surface area (Å²) in [6.07, 6.45) is 4.60. The van der Waals surface area contributed by atoms with Crippen LogP contribution in [0.25, 0.3) is 0 Å². The molecule has 1 amide bonds. The van der Waals surface area contributed by atoms with Crippen molar-refractivity contribution in [2.75, 3.05) is 37.8 Å². The Morgan fingerprint density at radius 1 is 1.17 bits per heavy atom. The smallest absolute Gasteiger partial charge is 0.342 e. The molecule has 1 aliphatic carbocycles. The number of esters is 1. The predicted molar refractivity (Wildman–Crippen MR) is 108 cm³/mol. The molecule has 4 rings (SSSR count). The van der Waals surface area contributed by atoms with Crippen LogP contribution in [0, 0.1) is 0 Å². The van der Waals surface area contributed by atoms with Crippen molar-refractivity contribution in [3.05, 3.63) is 59.3 Å². The SMILES string of the molecule is O=C(COC(=O)c1cccnc1N1CCOCC1)NC1CCCc2ccccc21. The molecule has 0 saturated carbocycles. The normalized spacial score (nSPS) is 18.6. The van der Waals surface area contributed by atoms with Gasteiger partial charge in [0.1, 0.15) is 11.4 Å². The standard InChI is InChI=1S/C22H25N3O4/c26-20(24-19-9-3-6-16-5-1-2-7-17(16)19)15-29-22(27)18-8-4-10-23-21(18)25-11-13-28-14-12-25/h1-2,4-5,7-8,10,19H,3,6,9,11-15H2,(H,24,26). The highest BCUT2D eigenvalue weighted by Gasteiger charge is 2.24. The van der Waals surface area contributed by atoms with Crippen LogP contribution in [0.3, 0.4) is 0 Å². The molecule has 7 nitrogen and oxygen atoms in total. The van der Waals surface area contributed by atoms with Crippen LogP contribution in [-0.2, 0) is 20.7 Å². The number of fused-ring (bicyclic) bond motifs is 1. The topological polar surface area (TPSA) is 80.8 Å². The molecule has 0 radical (unpaired) electrons. The van der Waals surface area contributed by atoms with E-state index in [1.807, 2.05) is 17.0 Å². The van der Waals surface area contributed by atoms with Crippen molar-refractivity contribution in [2.24, 2.45) is 0 Å². The van der Waals surface area contributed by atoms with Gasteiger partial charge in [-0.25, -0.2) is 9.78 Å². The second-order valence-corrected chi connectivity index (χ2v) is 7.26. The minimum atomic E-state index is -0.543. The summed E-state index contributed by atoms with van der Waals surface area (Å²) in [6.45, 7) is 2.21. The largest absolute Gasteiger partial charge is 0.452 e. The number of pyridine rings is 1. The first-order valence-electron chi connectivity index (χ1n) is 10.0. The van der Waals surface area contributed by atoms with E-state index in [1.165, 1.54) is 5.56 Å². The highest BCUT2D eigenvalue weighted by molar-refractivity contribution is 5.96. The van der Waals surface area contributed by atoms with E-state index in [0.29, 0.717) is 37.7 Å². The van der Waals surface area contributed by atoms with Crippen molar-refractivity contribution < 1.29 is 19.1 Å². The summed E-state index contributed by atoms with van der Waals surface area (Å²) in [5.74, 6) is -0.266. The van der Waals surface area contributed by atoms with Crippen LogP contribution in [0.1, 0.15) is 40.4 Å². The second-order valence-electron chi connectivity index (χ2n) is 7.26. The number of carbonyl (C=O) groups excluding carboxylic acids is 2. The average Bonchev–Trinajstić information content (AvgIpc) is 2.78. The van der Waals surface area contributed by atoms with Crippen molar-refractivity contribution in [3.8, 4) is 0 Å². The number of hydrogen-bond acceptors (Lipinski definition) is 6. The van der Waals surface area contributed by atoms with Crippen LogP contribution in [0.15, 0.2) is 42.6 Å². The molecule has 1 aromatic heterocycles. The van der Waals surface area contributed by atoms with Gasteiger partial charge in [-0.2, -0.15) is 0 Å². The lowest BCUT2D eigenvalue weighted by molar-refractivity contribution is -0.125. The van der Waals surface area contributed by atoms with Crippen LogP contribution in [0.4, 0.5) is 5.82 Å². The summed E-state index contributed by atoms with van der Waals surface area (Å²) in [7, 11) is 0. The number of aryl methyl sites for hydroxylation is 1. The lowest BCUT2D eigenvalue weighted by Gasteiger charge is -2.29. The number of nitrogens with one attached hydrogen (secondary N) is 1. The summed E-state index contributed by atoms with van der Waals surface area (Å²) in [5, 5.41) is 3.00. The fraction of sp³-hybridized carbons (Fsp3) is 0.409. The average molecular weight is 395 g/mol. The van der Waals surface area contributed by atoms with Gasteiger partial charge in [-0.1, -0.05) is 24.3 Å². The van der Waals surface area contributed by atoms with E-state index in [-0.39, 0.29) is 18.6 Å². The van der Waals surface area contributed by atoms with Crippen LogP contribution >= 0.6 is 0 Å². The molecule has 2 heterocycles. The Hall–Kier alpha value is -2.93. The molecule has 1 fully saturated rings. The summed E-state index contributed by atoms with van der Waals surface area (Å²) >= 11 is 0. The third-order valence-corrected chi connectivity index (χ3v) is 5.36. The van der Waals surface area contributed by atoms with Crippen molar-refractivity contribution >= 4 is 17.7 Å². The predicted octanol–water partition coefficient (Wildman–Crippen LogP) is 2.27. The molecular formula is C22H25N3O4. The molecule has 2 aliphatic rings. The fourth-order valence-electron chi connectivity index (χ4n) is 3.93. The maximum atomic E-state index is 12.6. The van der Waals surface area contributed by atoms with Gasteiger partial charge in [0, 0.05) is 19.3 Å². The summed E-state index contributed by atoms with van der Waals surface area (Å²) in [5.41, 5.74) is 2.79. The third kappa shape index (κ3) is 4.56. The number of nitrogens with zero attached hydrogens (tertiary/aromatic N) is 2. The molecule has 29 heavy (non-hydrogen) atoms. The van der Waals surface area contributed by atoms with Crippen molar-refractivity contribution in [1.29, 1.82) is 0 Å². The zero-order valence-electron chi connectivity index (χ0n) is 16.3. The second kappa shape index (κ2) is 9.05. The minimum Gasteiger partial charge on any atom is -0.452 e. The van der Waals surface area contributed by atoms with Crippen molar-refractivity contribution in [2.45, 2.75) is 25.3 Å². The molecular weight excluding hydrogens is 370 g/mol. The van der Waals surface area contributed by atoms with E-state index in [9.17, 15) is 9.59 Å². The lowest BCUT2D eigenvalue weighted by atomic mass is 9.88. The van der Waals surface area contributed by atoms with Crippen molar-refractivity contribution in [3.63, 3.8) is 0 Å². The summed E-state index contributed by atoms with van der Waals surface area (Å²) < 4.78 is 10.7. The summed E-state index contributed by atoms with van der Waals surface area (Å²) in [4.78, 5) is 31.4. The van der Waals surface area contributed by atoms with Gasteiger partial charge in [0.15, 0.2) is 6.61 Å². The number of hydrogen-bond donors (Lipinski definition) is 1. The van der Waals surface area contributed by atoms with E-state index < -0.39 is 5.97 Å². The zero-order chi connectivity index (χ0) is 20.1. The van der Waals surface area contributed by atoms with E-state index in [1.54, 1.807) is 18.3 Å². The monoisotopic (exact) mass is 395 g/mol. The van der Waals surface area contributed by atoms with Gasteiger partial charge in [0.25, 0.3) is 5.91 Å². The maximum Gasteiger partial charge on any atom is 0.342 e. The van der Waals surface area contributed by atoms with E-state index in [0.717, 1.165) is 24.8 Å². The summed E-state index contributed by atoms with van der Waals surface area (Å²) in [6, 6.07) is 11.5. The number of rotatable bonds is 5. The molecule has 1 aliphatic heterocycles. The first kappa shape index (κ1) is 19.4. The number of morpholine rings is 1. The van der Waals surface area contributed by atoms with E-state index in [4.69, 9.17) is 9.47 Å². The number of anilines is 1. The first-order chi connectivity index (χ1) is 14.2. The van der Waals surface area contributed by atoms with Crippen LogP contribution in [-0.4, -0.2) is 49.8 Å². The lowest BCUT2D eigenvalue weighted by Crippen LogP contribution is -2.38. The molecule has 0 spiro atoms. The maximum absolute atomic E-state index is 12.6. The highest BCUT2D eigenvalue weighted by atomic mass is 16.5. The molecule has 1 atom stereocenters.